The number of hydrogen-bond acceptors (Lipinski definition) is 4. The van der Waals surface area contributed by atoms with Crippen molar-refractivity contribution in [2.45, 2.75) is 6.04 Å². The van der Waals surface area contributed by atoms with E-state index in [1.165, 1.54) is 25.3 Å². The molecule has 0 saturated heterocycles. The molecule has 1 aromatic carbocycles. The molecule has 1 unspecified atom stereocenters. The first-order valence-electron chi connectivity index (χ1n) is 5.19. The van der Waals surface area contributed by atoms with E-state index in [4.69, 9.17) is 16.3 Å². The Balaban J connectivity index is 2.87. The molecule has 0 bridgehead atoms. The molecule has 18 heavy (non-hydrogen) atoms. The predicted molar refractivity (Wildman–Crippen MR) is 66.9 cm³/mol. The number of hydrogen-bond donors (Lipinski definition) is 1. The summed E-state index contributed by atoms with van der Waals surface area (Å²) in [6, 6.07) is 5.35. The van der Waals surface area contributed by atoms with E-state index in [-0.39, 0.29) is 29.8 Å². The van der Waals surface area contributed by atoms with Crippen LogP contribution >= 0.6 is 11.6 Å². The highest BCUT2D eigenvalue weighted by atomic mass is 35.5. The number of nitro groups is 1. The van der Waals surface area contributed by atoms with Crippen LogP contribution in [0.2, 0.25) is 0 Å². The molecule has 0 heterocycles. The summed E-state index contributed by atoms with van der Waals surface area (Å²) in [4.78, 5) is 22.1. The molecule has 1 amide bonds. The molecule has 1 rings (SSSR count). The number of ether oxygens (including phenoxy) is 1. The van der Waals surface area contributed by atoms with Gasteiger partial charge in [0.1, 0.15) is 5.56 Å². The first kappa shape index (κ1) is 14.4. The number of para-hydroxylation sites is 1. The molecule has 0 aromatic heterocycles. The van der Waals surface area contributed by atoms with Gasteiger partial charge < -0.3 is 10.1 Å². The standard InChI is InChI=1S/C11H13ClN2O4/c1-18-7-8(6-12)13-11(15)9-4-2-3-5-10(9)14(16)17/h2-5,8H,6-7H2,1H3,(H,13,15). The molecule has 0 aliphatic rings. The molecule has 1 atom stereocenters. The van der Waals surface area contributed by atoms with Crippen molar-refractivity contribution in [3.05, 3.63) is 39.9 Å². The van der Waals surface area contributed by atoms with Gasteiger partial charge in [-0.15, -0.1) is 11.6 Å². The number of halogens is 1. The van der Waals surface area contributed by atoms with Crippen LogP contribution in [0.4, 0.5) is 5.69 Å². The molecule has 0 saturated carbocycles. The fraction of sp³-hybridized carbons (Fsp3) is 0.364. The van der Waals surface area contributed by atoms with Crippen molar-refractivity contribution in [2.24, 2.45) is 0 Å². The molecule has 98 valence electrons. The van der Waals surface area contributed by atoms with Crippen LogP contribution in [0.3, 0.4) is 0 Å². The van der Waals surface area contributed by atoms with Gasteiger partial charge in [0, 0.05) is 19.1 Å². The third-order valence-corrected chi connectivity index (χ3v) is 2.61. The van der Waals surface area contributed by atoms with E-state index >= 15 is 0 Å². The largest absolute Gasteiger partial charge is 0.383 e. The molecule has 7 heteroatoms. The summed E-state index contributed by atoms with van der Waals surface area (Å²) in [5.41, 5.74) is -0.227. The van der Waals surface area contributed by atoms with Crippen LogP contribution in [-0.2, 0) is 4.74 Å². The summed E-state index contributed by atoms with van der Waals surface area (Å²) < 4.78 is 4.88. The molecular formula is C11H13ClN2O4. The Kier molecular flexibility index (Phi) is 5.54. The predicted octanol–water partition coefficient (Wildman–Crippen LogP) is 1.58. The summed E-state index contributed by atoms with van der Waals surface area (Å²) in [6.45, 7) is 0.246. The molecule has 0 radical (unpaired) electrons. The second kappa shape index (κ2) is 6.93. The van der Waals surface area contributed by atoms with Crippen molar-refractivity contribution in [1.82, 2.24) is 5.32 Å². The van der Waals surface area contributed by atoms with E-state index in [2.05, 4.69) is 5.32 Å². The van der Waals surface area contributed by atoms with Crippen LogP contribution in [-0.4, -0.2) is 36.5 Å². The van der Waals surface area contributed by atoms with Crippen LogP contribution in [0.5, 0.6) is 0 Å². The van der Waals surface area contributed by atoms with Gasteiger partial charge in [-0.3, -0.25) is 14.9 Å². The number of rotatable bonds is 6. The first-order valence-corrected chi connectivity index (χ1v) is 5.72. The third kappa shape index (κ3) is 3.68. The van der Waals surface area contributed by atoms with E-state index in [0.717, 1.165) is 0 Å². The van der Waals surface area contributed by atoms with Crippen LogP contribution in [0.15, 0.2) is 24.3 Å². The number of nitro benzene ring substituents is 1. The average Bonchev–Trinajstić information content (AvgIpc) is 2.38. The second-order valence-electron chi connectivity index (χ2n) is 3.55. The molecule has 1 aromatic rings. The van der Waals surface area contributed by atoms with Gasteiger partial charge in [0.2, 0.25) is 0 Å². The molecular weight excluding hydrogens is 260 g/mol. The Morgan fingerprint density at radius 2 is 2.22 bits per heavy atom. The lowest BCUT2D eigenvalue weighted by atomic mass is 10.1. The Hall–Kier alpha value is -1.66. The number of carbonyl (C=O) groups excluding carboxylic acids is 1. The van der Waals surface area contributed by atoms with Crippen molar-refractivity contribution in [2.75, 3.05) is 19.6 Å². The van der Waals surface area contributed by atoms with Gasteiger partial charge in [0.25, 0.3) is 11.6 Å². The van der Waals surface area contributed by atoms with Crippen molar-refractivity contribution >= 4 is 23.2 Å². The Labute approximate surface area is 109 Å². The summed E-state index contributed by atoms with van der Waals surface area (Å²) in [5.74, 6) is -0.370. The third-order valence-electron chi connectivity index (χ3n) is 2.23. The SMILES string of the molecule is COCC(CCl)NC(=O)c1ccccc1[N+](=O)[O-]. The smallest absolute Gasteiger partial charge is 0.282 e. The van der Waals surface area contributed by atoms with Crippen LogP contribution in [0.25, 0.3) is 0 Å². The number of amides is 1. The van der Waals surface area contributed by atoms with Gasteiger partial charge in [-0.1, -0.05) is 12.1 Å². The van der Waals surface area contributed by atoms with Crippen molar-refractivity contribution < 1.29 is 14.5 Å². The monoisotopic (exact) mass is 272 g/mol. The summed E-state index contributed by atoms with van der Waals surface area (Å²) in [6.07, 6.45) is 0. The highest BCUT2D eigenvalue weighted by molar-refractivity contribution is 6.18. The minimum Gasteiger partial charge on any atom is -0.383 e. The highest BCUT2D eigenvalue weighted by Gasteiger charge is 2.21. The number of nitrogens with zero attached hydrogens (tertiary/aromatic N) is 1. The minimum absolute atomic E-state index is 0.00807. The lowest BCUT2D eigenvalue weighted by Crippen LogP contribution is -2.39. The van der Waals surface area contributed by atoms with Crippen LogP contribution in [0, 0.1) is 10.1 Å². The average molecular weight is 273 g/mol. The van der Waals surface area contributed by atoms with E-state index in [1.807, 2.05) is 0 Å². The van der Waals surface area contributed by atoms with Gasteiger partial charge in [0.05, 0.1) is 17.6 Å². The van der Waals surface area contributed by atoms with E-state index in [0.29, 0.717) is 0 Å². The molecule has 0 aliphatic heterocycles. The van der Waals surface area contributed by atoms with E-state index in [9.17, 15) is 14.9 Å². The first-order chi connectivity index (χ1) is 8.60. The topological polar surface area (TPSA) is 81.5 Å². The van der Waals surface area contributed by atoms with E-state index in [1.54, 1.807) is 6.07 Å². The summed E-state index contributed by atoms with van der Waals surface area (Å²) >= 11 is 5.65. The molecule has 0 fully saturated rings. The fourth-order valence-electron chi connectivity index (χ4n) is 1.41. The zero-order valence-corrected chi connectivity index (χ0v) is 10.5. The van der Waals surface area contributed by atoms with Gasteiger partial charge in [-0.2, -0.15) is 0 Å². The number of nitrogens with one attached hydrogen (secondary N) is 1. The number of carbonyl (C=O) groups is 1. The normalized spacial score (nSPS) is 11.9. The molecule has 6 nitrogen and oxygen atoms in total. The van der Waals surface area contributed by atoms with Crippen molar-refractivity contribution in [3.8, 4) is 0 Å². The summed E-state index contributed by atoms with van der Waals surface area (Å²) in [7, 11) is 1.48. The Morgan fingerprint density at radius 3 is 2.78 bits per heavy atom. The van der Waals surface area contributed by atoms with Gasteiger partial charge in [-0.05, 0) is 6.07 Å². The van der Waals surface area contributed by atoms with Gasteiger partial charge in [-0.25, -0.2) is 0 Å². The number of methoxy groups -OCH3 is 1. The minimum atomic E-state index is -0.596. The maximum atomic E-state index is 11.9. The maximum Gasteiger partial charge on any atom is 0.282 e. The quantitative estimate of drug-likeness (QED) is 0.484. The molecule has 0 aliphatic carbocycles. The molecule has 0 spiro atoms. The van der Waals surface area contributed by atoms with E-state index < -0.39 is 10.8 Å². The second-order valence-corrected chi connectivity index (χ2v) is 3.86. The lowest BCUT2D eigenvalue weighted by Gasteiger charge is -2.14. The fourth-order valence-corrected chi connectivity index (χ4v) is 1.58. The Morgan fingerprint density at radius 1 is 1.56 bits per heavy atom. The number of alkyl halides is 1. The summed E-state index contributed by atoms with van der Waals surface area (Å²) in [5, 5.41) is 13.4. The zero-order valence-electron chi connectivity index (χ0n) is 9.76. The highest BCUT2D eigenvalue weighted by Crippen LogP contribution is 2.17. The number of benzene rings is 1. The van der Waals surface area contributed by atoms with Crippen LogP contribution < -0.4 is 5.32 Å². The van der Waals surface area contributed by atoms with Gasteiger partial charge in [0.15, 0.2) is 0 Å². The van der Waals surface area contributed by atoms with Crippen molar-refractivity contribution in [1.29, 1.82) is 0 Å². The van der Waals surface area contributed by atoms with Gasteiger partial charge >= 0.3 is 0 Å². The van der Waals surface area contributed by atoms with Crippen molar-refractivity contribution in [3.63, 3.8) is 0 Å². The Bertz CT molecular complexity index is 439. The van der Waals surface area contributed by atoms with Crippen LogP contribution in [0.1, 0.15) is 10.4 Å². The maximum absolute atomic E-state index is 11.9. The zero-order chi connectivity index (χ0) is 13.5. The molecule has 1 N–H and O–H groups in total. The lowest BCUT2D eigenvalue weighted by molar-refractivity contribution is -0.385.